The average Bonchev–Trinajstić information content (AvgIpc) is 2.27. The number of benzene rings is 1. The highest BCUT2D eigenvalue weighted by atomic mass is 16.5. The van der Waals surface area contributed by atoms with Crippen LogP contribution in [-0.4, -0.2) is 13.7 Å². The number of rotatable bonds is 5. The third-order valence-corrected chi connectivity index (χ3v) is 2.35. The molecule has 0 aromatic heterocycles. The van der Waals surface area contributed by atoms with Crippen LogP contribution in [0.25, 0.3) is 6.08 Å². The molecule has 2 heteroatoms. The van der Waals surface area contributed by atoms with Crippen molar-refractivity contribution in [3.05, 3.63) is 41.0 Å². The van der Waals surface area contributed by atoms with Gasteiger partial charge in [0, 0.05) is 13.7 Å². The van der Waals surface area contributed by atoms with Gasteiger partial charge in [0.2, 0.25) is 0 Å². The molecule has 0 bridgehead atoms. The molecule has 1 rings (SSSR count). The molecule has 0 amide bonds. The summed E-state index contributed by atoms with van der Waals surface area (Å²) in [5.74, 6) is 0. The lowest BCUT2D eigenvalue weighted by Gasteiger charge is -2.03. The van der Waals surface area contributed by atoms with E-state index in [1.165, 1.54) is 16.7 Å². The monoisotopic (exact) mass is 205 g/mol. The van der Waals surface area contributed by atoms with Gasteiger partial charge in [-0.2, -0.15) is 0 Å². The lowest BCUT2D eigenvalue weighted by molar-refractivity contribution is 0.185. The summed E-state index contributed by atoms with van der Waals surface area (Å²) in [5, 5.41) is 0. The van der Waals surface area contributed by atoms with Gasteiger partial charge in [-0.3, -0.25) is 0 Å². The number of ether oxygens (including phenoxy) is 1. The summed E-state index contributed by atoms with van der Waals surface area (Å²) in [6, 6.07) is 8.33. The first kappa shape index (κ1) is 12.0. The van der Waals surface area contributed by atoms with Crippen LogP contribution in [0.2, 0.25) is 0 Å². The fourth-order valence-corrected chi connectivity index (χ4v) is 1.48. The highest BCUT2D eigenvalue weighted by Crippen LogP contribution is 2.11. The van der Waals surface area contributed by atoms with Gasteiger partial charge in [0.15, 0.2) is 0 Å². The van der Waals surface area contributed by atoms with Gasteiger partial charge >= 0.3 is 0 Å². The van der Waals surface area contributed by atoms with E-state index >= 15 is 0 Å². The minimum atomic E-state index is 0.630. The highest BCUT2D eigenvalue weighted by Gasteiger charge is 1.95. The van der Waals surface area contributed by atoms with E-state index in [1.807, 2.05) is 6.07 Å². The fourth-order valence-electron chi connectivity index (χ4n) is 1.48. The third-order valence-electron chi connectivity index (χ3n) is 2.35. The summed E-state index contributed by atoms with van der Waals surface area (Å²) in [4.78, 5) is 0. The Bertz CT molecular complexity index is 325. The van der Waals surface area contributed by atoms with E-state index in [4.69, 9.17) is 10.5 Å². The SMILES string of the molecule is CCC(=Cc1cccc(COC)c1)CN. The maximum atomic E-state index is 5.63. The summed E-state index contributed by atoms with van der Waals surface area (Å²) < 4.78 is 5.10. The maximum absolute atomic E-state index is 5.63. The van der Waals surface area contributed by atoms with Crippen LogP contribution >= 0.6 is 0 Å². The molecule has 0 unspecified atom stereocenters. The number of nitrogens with two attached hydrogens (primary N) is 1. The topological polar surface area (TPSA) is 35.2 Å². The molecule has 0 aliphatic carbocycles. The van der Waals surface area contributed by atoms with Gasteiger partial charge in [-0.25, -0.2) is 0 Å². The van der Waals surface area contributed by atoms with Crippen molar-refractivity contribution in [1.29, 1.82) is 0 Å². The van der Waals surface area contributed by atoms with Crippen molar-refractivity contribution in [2.45, 2.75) is 20.0 Å². The van der Waals surface area contributed by atoms with Gasteiger partial charge in [0.25, 0.3) is 0 Å². The minimum absolute atomic E-state index is 0.630. The zero-order valence-electron chi connectivity index (χ0n) is 9.49. The Labute approximate surface area is 91.7 Å². The van der Waals surface area contributed by atoms with Crippen LogP contribution in [0.15, 0.2) is 29.8 Å². The van der Waals surface area contributed by atoms with Gasteiger partial charge in [0.05, 0.1) is 6.61 Å². The molecular formula is C13H19NO. The highest BCUT2D eigenvalue weighted by molar-refractivity contribution is 5.54. The molecule has 0 aliphatic heterocycles. The fraction of sp³-hybridized carbons (Fsp3) is 0.385. The molecule has 2 nitrogen and oxygen atoms in total. The molecule has 0 saturated carbocycles. The molecule has 1 aromatic rings. The van der Waals surface area contributed by atoms with Crippen molar-refractivity contribution >= 4 is 6.08 Å². The molecule has 2 N–H and O–H groups in total. The first-order valence-corrected chi connectivity index (χ1v) is 5.27. The summed E-state index contributed by atoms with van der Waals surface area (Å²) >= 11 is 0. The number of methoxy groups -OCH3 is 1. The van der Waals surface area contributed by atoms with Gasteiger partial charge in [-0.05, 0) is 23.6 Å². The average molecular weight is 205 g/mol. The molecule has 0 atom stereocenters. The van der Waals surface area contributed by atoms with Crippen LogP contribution in [0, 0.1) is 0 Å². The molecule has 0 heterocycles. The molecule has 1 aromatic carbocycles. The Morgan fingerprint density at radius 1 is 1.47 bits per heavy atom. The summed E-state index contributed by atoms with van der Waals surface area (Å²) in [5.41, 5.74) is 9.30. The van der Waals surface area contributed by atoms with Crippen molar-refractivity contribution in [3.8, 4) is 0 Å². The summed E-state index contributed by atoms with van der Waals surface area (Å²) in [6.45, 7) is 3.41. The smallest absolute Gasteiger partial charge is 0.0713 e. The molecule has 0 fully saturated rings. The second kappa shape index (κ2) is 6.38. The predicted octanol–water partition coefficient (Wildman–Crippen LogP) is 2.59. The summed E-state index contributed by atoms with van der Waals surface area (Å²) in [6.07, 6.45) is 3.16. The Morgan fingerprint density at radius 3 is 2.87 bits per heavy atom. The zero-order chi connectivity index (χ0) is 11.1. The van der Waals surface area contributed by atoms with Crippen LogP contribution in [-0.2, 0) is 11.3 Å². The van der Waals surface area contributed by atoms with Crippen molar-refractivity contribution in [3.63, 3.8) is 0 Å². The van der Waals surface area contributed by atoms with Gasteiger partial charge in [0.1, 0.15) is 0 Å². The van der Waals surface area contributed by atoms with Crippen molar-refractivity contribution in [2.75, 3.05) is 13.7 Å². The van der Waals surface area contributed by atoms with Crippen LogP contribution in [0.4, 0.5) is 0 Å². The quantitative estimate of drug-likeness (QED) is 0.802. The molecule has 0 spiro atoms. The van der Waals surface area contributed by atoms with Gasteiger partial charge in [-0.1, -0.05) is 36.8 Å². The Morgan fingerprint density at radius 2 is 2.27 bits per heavy atom. The lowest BCUT2D eigenvalue weighted by Crippen LogP contribution is -2.01. The van der Waals surface area contributed by atoms with E-state index in [9.17, 15) is 0 Å². The van der Waals surface area contributed by atoms with E-state index in [0.717, 1.165) is 6.42 Å². The molecule has 82 valence electrons. The number of hydrogen-bond acceptors (Lipinski definition) is 2. The Balaban J connectivity index is 2.85. The standard InChI is InChI=1S/C13H19NO/c1-3-11(9-14)7-12-5-4-6-13(8-12)10-15-2/h4-8H,3,9-10,14H2,1-2H3. The lowest BCUT2D eigenvalue weighted by atomic mass is 10.1. The maximum Gasteiger partial charge on any atom is 0.0713 e. The van der Waals surface area contributed by atoms with Crippen molar-refractivity contribution in [2.24, 2.45) is 5.73 Å². The molecule has 0 radical (unpaired) electrons. The Hall–Kier alpha value is -1.12. The third kappa shape index (κ3) is 3.86. The number of hydrogen-bond donors (Lipinski definition) is 1. The van der Waals surface area contributed by atoms with Crippen LogP contribution in [0.1, 0.15) is 24.5 Å². The zero-order valence-corrected chi connectivity index (χ0v) is 9.49. The van der Waals surface area contributed by atoms with Crippen molar-refractivity contribution in [1.82, 2.24) is 0 Å². The largest absolute Gasteiger partial charge is 0.380 e. The Kier molecular flexibility index (Phi) is 5.08. The van der Waals surface area contributed by atoms with Crippen LogP contribution in [0.3, 0.4) is 0 Å². The predicted molar refractivity (Wildman–Crippen MR) is 64.5 cm³/mol. The summed E-state index contributed by atoms with van der Waals surface area (Å²) in [7, 11) is 1.71. The van der Waals surface area contributed by atoms with E-state index < -0.39 is 0 Å². The second-order valence-corrected chi connectivity index (χ2v) is 3.54. The second-order valence-electron chi connectivity index (χ2n) is 3.54. The molecule has 0 saturated heterocycles. The first-order chi connectivity index (χ1) is 7.30. The van der Waals surface area contributed by atoms with Gasteiger partial charge < -0.3 is 10.5 Å². The molecule has 15 heavy (non-hydrogen) atoms. The van der Waals surface area contributed by atoms with E-state index in [1.54, 1.807) is 7.11 Å². The minimum Gasteiger partial charge on any atom is -0.380 e. The molecular weight excluding hydrogens is 186 g/mol. The van der Waals surface area contributed by atoms with Crippen LogP contribution < -0.4 is 5.73 Å². The normalized spacial score (nSPS) is 11.8. The van der Waals surface area contributed by atoms with Crippen molar-refractivity contribution < 1.29 is 4.74 Å². The first-order valence-electron chi connectivity index (χ1n) is 5.27. The van der Waals surface area contributed by atoms with E-state index in [-0.39, 0.29) is 0 Å². The molecule has 0 aliphatic rings. The van der Waals surface area contributed by atoms with Gasteiger partial charge in [-0.15, -0.1) is 0 Å². The van der Waals surface area contributed by atoms with E-state index in [0.29, 0.717) is 13.2 Å². The van der Waals surface area contributed by atoms with E-state index in [2.05, 4.69) is 31.2 Å². The van der Waals surface area contributed by atoms with Crippen LogP contribution in [0.5, 0.6) is 0 Å².